The lowest BCUT2D eigenvalue weighted by Gasteiger charge is -2.11. The topological polar surface area (TPSA) is 67.4 Å². The Labute approximate surface area is 158 Å². The van der Waals surface area contributed by atoms with E-state index in [1.54, 1.807) is 18.2 Å². The number of rotatable bonds is 7. The average molecular weight is 375 g/mol. The number of carbonyl (C=O) groups is 2. The number of nitrogens with one attached hydrogen (secondary N) is 2. The van der Waals surface area contributed by atoms with Crippen molar-refractivity contribution in [2.24, 2.45) is 0 Å². The van der Waals surface area contributed by atoms with Gasteiger partial charge in [0.25, 0.3) is 0 Å². The first-order chi connectivity index (χ1) is 12.4. The average Bonchev–Trinajstić information content (AvgIpc) is 2.63. The van der Waals surface area contributed by atoms with Crippen LogP contribution in [0.1, 0.15) is 42.1 Å². The molecule has 0 aliphatic heterocycles. The van der Waals surface area contributed by atoms with Crippen LogP contribution in [0.5, 0.6) is 0 Å². The van der Waals surface area contributed by atoms with Crippen molar-refractivity contribution in [3.05, 3.63) is 58.6 Å². The molecule has 0 bridgehead atoms. The van der Waals surface area contributed by atoms with Gasteiger partial charge in [0.15, 0.2) is 0 Å². The molecule has 0 radical (unpaired) electrons. The summed E-state index contributed by atoms with van der Waals surface area (Å²) >= 11 is 6.11. The van der Waals surface area contributed by atoms with Crippen molar-refractivity contribution in [3.63, 3.8) is 0 Å². The van der Waals surface area contributed by atoms with E-state index in [-0.39, 0.29) is 12.3 Å². The lowest BCUT2D eigenvalue weighted by atomic mass is 10.0. The van der Waals surface area contributed by atoms with Crippen molar-refractivity contribution >= 4 is 34.9 Å². The highest BCUT2D eigenvalue weighted by atomic mass is 35.5. The third kappa shape index (κ3) is 5.49. The standard InChI is InChI=1S/C20H23ClN2O3/c1-13(2)14-4-7-16(8-5-14)23-19(24)10-11-22-18-12-15(20(25)26-3)6-9-17(18)21/h4-9,12-13,22H,10-11H2,1-3H3,(H,23,24). The van der Waals surface area contributed by atoms with Crippen LogP contribution in [0, 0.1) is 0 Å². The van der Waals surface area contributed by atoms with E-state index >= 15 is 0 Å². The van der Waals surface area contributed by atoms with E-state index in [1.807, 2.05) is 24.3 Å². The Hall–Kier alpha value is -2.53. The van der Waals surface area contributed by atoms with Crippen LogP contribution in [-0.4, -0.2) is 25.5 Å². The maximum absolute atomic E-state index is 12.1. The summed E-state index contributed by atoms with van der Waals surface area (Å²) < 4.78 is 4.69. The Bertz CT molecular complexity index is 773. The Kier molecular flexibility index (Phi) is 7.04. The van der Waals surface area contributed by atoms with Gasteiger partial charge in [-0.15, -0.1) is 0 Å². The molecule has 5 nitrogen and oxygen atoms in total. The zero-order chi connectivity index (χ0) is 19.1. The van der Waals surface area contributed by atoms with E-state index in [1.165, 1.54) is 12.7 Å². The van der Waals surface area contributed by atoms with Crippen LogP contribution in [-0.2, 0) is 9.53 Å². The number of anilines is 2. The lowest BCUT2D eigenvalue weighted by molar-refractivity contribution is -0.115. The monoisotopic (exact) mass is 374 g/mol. The summed E-state index contributed by atoms with van der Waals surface area (Å²) in [6.45, 7) is 4.64. The van der Waals surface area contributed by atoms with Crippen LogP contribution in [0.15, 0.2) is 42.5 Å². The molecular weight excluding hydrogens is 352 g/mol. The van der Waals surface area contributed by atoms with Crippen LogP contribution >= 0.6 is 11.6 Å². The molecule has 0 spiro atoms. The Balaban J connectivity index is 1.87. The Morgan fingerprint density at radius 1 is 1.12 bits per heavy atom. The van der Waals surface area contributed by atoms with Gasteiger partial charge in [0.05, 0.1) is 23.4 Å². The summed E-state index contributed by atoms with van der Waals surface area (Å²) in [6.07, 6.45) is 0.269. The van der Waals surface area contributed by atoms with Crippen LogP contribution in [0.2, 0.25) is 5.02 Å². The molecular formula is C20H23ClN2O3. The molecule has 0 saturated heterocycles. The maximum Gasteiger partial charge on any atom is 0.337 e. The van der Waals surface area contributed by atoms with E-state index in [2.05, 4.69) is 29.2 Å². The molecule has 2 aromatic carbocycles. The van der Waals surface area contributed by atoms with Gasteiger partial charge < -0.3 is 15.4 Å². The second-order valence-corrected chi connectivity index (χ2v) is 6.60. The number of hydrogen-bond donors (Lipinski definition) is 2. The van der Waals surface area contributed by atoms with E-state index in [9.17, 15) is 9.59 Å². The lowest BCUT2D eigenvalue weighted by Crippen LogP contribution is -2.16. The molecule has 1 amide bonds. The summed E-state index contributed by atoms with van der Waals surface area (Å²) in [4.78, 5) is 23.6. The van der Waals surface area contributed by atoms with Crippen molar-refractivity contribution < 1.29 is 14.3 Å². The van der Waals surface area contributed by atoms with Crippen molar-refractivity contribution in [1.82, 2.24) is 0 Å². The predicted octanol–water partition coefficient (Wildman–Crippen LogP) is 4.69. The SMILES string of the molecule is COC(=O)c1ccc(Cl)c(NCCC(=O)Nc2ccc(C(C)C)cc2)c1. The number of esters is 1. The number of hydrogen-bond acceptors (Lipinski definition) is 4. The summed E-state index contributed by atoms with van der Waals surface area (Å²) in [5.74, 6) is -0.0863. The van der Waals surface area contributed by atoms with Crippen molar-refractivity contribution in [1.29, 1.82) is 0 Å². The second kappa shape index (κ2) is 9.25. The normalized spacial score (nSPS) is 10.5. The molecule has 0 atom stereocenters. The maximum atomic E-state index is 12.1. The summed E-state index contributed by atoms with van der Waals surface area (Å²) in [5, 5.41) is 6.41. The number of benzene rings is 2. The Morgan fingerprint density at radius 2 is 1.81 bits per heavy atom. The highest BCUT2D eigenvalue weighted by molar-refractivity contribution is 6.33. The molecule has 0 heterocycles. The third-order valence-electron chi connectivity index (χ3n) is 3.92. The smallest absolute Gasteiger partial charge is 0.337 e. The van der Waals surface area contributed by atoms with Gasteiger partial charge in [-0.1, -0.05) is 37.6 Å². The molecule has 2 rings (SSSR count). The number of halogens is 1. The molecule has 0 aliphatic rings. The van der Waals surface area contributed by atoms with Crippen LogP contribution < -0.4 is 10.6 Å². The zero-order valence-corrected chi connectivity index (χ0v) is 15.9. The summed E-state index contributed by atoms with van der Waals surface area (Å²) in [5.41, 5.74) is 2.98. The van der Waals surface area contributed by atoms with Gasteiger partial charge in [-0.2, -0.15) is 0 Å². The van der Waals surface area contributed by atoms with Crippen LogP contribution in [0.25, 0.3) is 0 Å². The van der Waals surface area contributed by atoms with Crippen molar-refractivity contribution in [2.75, 3.05) is 24.3 Å². The molecule has 0 fully saturated rings. The fourth-order valence-corrected chi connectivity index (χ4v) is 2.58. The van der Waals surface area contributed by atoms with Gasteiger partial charge in [0, 0.05) is 18.7 Å². The van der Waals surface area contributed by atoms with E-state index in [0.717, 1.165) is 5.69 Å². The highest BCUT2D eigenvalue weighted by Gasteiger charge is 2.09. The first-order valence-electron chi connectivity index (χ1n) is 8.42. The fraction of sp³-hybridized carbons (Fsp3) is 0.300. The van der Waals surface area contributed by atoms with Gasteiger partial charge >= 0.3 is 5.97 Å². The highest BCUT2D eigenvalue weighted by Crippen LogP contribution is 2.23. The summed E-state index contributed by atoms with van der Waals surface area (Å²) in [7, 11) is 1.32. The van der Waals surface area contributed by atoms with E-state index in [0.29, 0.717) is 28.7 Å². The van der Waals surface area contributed by atoms with E-state index < -0.39 is 5.97 Å². The molecule has 6 heteroatoms. The van der Waals surface area contributed by atoms with Gasteiger partial charge in [0.2, 0.25) is 5.91 Å². The van der Waals surface area contributed by atoms with Gasteiger partial charge in [-0.3, -0.25) is 4.79 Å². The Morgan fingerprint density at radius 3 is 2.42 bits per heavy atom. The molecule has 26 heavy (non-hydrogen) atoms. The van der Waals surface area contributed by atoms with Crippen molar-refractivity contribution in [2.45, 2.75) is 26.2 Å². The molecule has 2 aromatic rings. The first-order valence-corrected chi connectivity index (χ1v) is 8.80. The molecule has 0 aromatic heterocycles. The number of ether oxygens (including phenoxy) is 1. The predicted molar refractivity (Wildman–Crippen MR) is 105 cm³/mol. The first kappa shape index (κ1) is 19.8. The molecule has 0 aliphatic carbocycles. The molecule has 2 N–H and O–H groups in total. The van der Waals surface area contributed by atoms with E-state index in [4.69, 9.17) is 11.6 Å². The zero-order valence-electron chi connectivity index (χ0n) is 15.1. The minimum atomic E-state index is -0.438. The summed E-state index contributed by atoms with van der Waals surface area (Å²) in [6, 6.07) is 12.6. The molecule has 138 valence electrons. The fourth-order valence-electron chi connectivity index (χ4n) is 2.39. The van der Waals surface area contributed by atoms with Gasteiger partial charge in [-0.25, -0.2) is 4.79 Å². The minimum absolute atomic E-state index is 0.102. The van der Waals surface area contributed by atoms with Crippen molar-refractivity contribution in [3.8, 4) is 0 Å². The number of amides is 1. The molecule has 0 saturated carbocycles. The third-order valence-corrected chi connectivity index (χ3v) is 4.25. The number of methoxy groups -OCH3 is 1. The van der Waals surface area contributed by atoms with Gasteiger partial charge in [-0.05, 0) is 41.8 Å². The number of carbonyl (C=O) groups excluding carboxylic acids is 2. The second-order valence-electron chi connectivity index (χ2n) is 6.19. The quantitative estimate of drug-likeness (QED) is 0.690. The molecule has 0 unspecified atom stereocenters. The van der Waals surface area contributed by atoms with Crippen LogP contribution in [0.3, 0.4) is 0 Å². The van der Waals surface area contributed by atoms with Gasteiger partial charge in [0.1, 0.15) is 0 Å². The minimum Gasteiger partial charge on any atom is -0.465 e. The largest absolute Gasteiger partial charge is 0.465 e. The van der Waals surface area contributed by atoms with Crippen LogP contribution in [0.4, 0.5) is 11.4 Å².